The van der Waals surface area contributed by atoms with E-state index in [1.165, 1.54) is 31.4 Å². The van der Waals surface area contributed by atoms with Crippen LogP contribution in [0.15, 0.2) is 24.3 Å². The Balaban J connectivity index is 1.69. The predicted octanol–water partition coefficient (Wildman–Crippen LogP) is 1.98. The summed E-state index contributed by atoms with van der Waals surface area (Å²) in [6.07, 6.45) is 4.27. The summed E-state index contributed by atoms with van der Waals surface area (Å²) in [4.78, 5) is 2.64. The molecule has 3 rings (SSSR count). The maximum atomic E-state index is 5.41. The second-order valence-electron chi connectivity index (χ2n) is 5.47. The Kier molecular flexibility index (Phi) is 3.36. The fourth-order valence-corrected chi connectivity index (χ4v) is 3.36. The van der Waals surface area contributed by atoms with Gasteiger partial charge in [0.1, 0.15) is 0 Å². The third kappa shape index (κ3) is 2.43. The highest BCUT2D eigenvalue weighted by Crippen LogP contribution is 2.38. The highest BCUT2D eigenvalue weighted by Gasteiger charge is 2.37. The molecule has 2 aliphatic rings. The number of hydrogen-bond acceptors (Lipinski definition) is 2. The van der Waals surface area contributed by atoms with E-state index in [0.717, 1.165) is 24.1 Å². The fourth-order valence-electron chi connectivity index (χ4n) is 3.36. The SMILES string of the molecule is NCC#Cc1cccc(CN2CC3CCC2C3)c1. The van der Waals surface area contributed by atoms with Crippen LogP contribution < -0.4 is 5.73 Å². The summed E-state index contributed by atoms with van der Waals surface area (Å²) in [7, 11) is 0. The van der Waals surface area contributed by atoms with Gasteiger partial charge in [-0.05, 0) is 42.9 Å². The highest BCUT2D eigenvalue weighted by atomic mass is 15.2. The zero-order valence-corrected chi connectivity index (χ0v) is 10.7. The van der Waals surface area contributed by atoms with Crippen molar-refractivity contribution < 1.29 is 0 Å². The first-order valence-corrected chi connectivity index (χ1v) is 6.87. The molecule has 2 nitrogen and oxygen atoms in total. The van der Waals surface area contributed by atoms with E-state index < -0.39 is 0 Å². The van der Waals surface area contributed by atoms with E-state index in [2.05, 4.69) is 41.0 Å². The monoisotopic (exact) mass is 240 g/mol. The fraction of sp³-hybridized carbons (Fsp3) is 0.500. The Hall–Kier alpha value is -1.30. The van der Waals surface area contributed by atoms with Crippen molar-refractivity contribution >= 4 is 0 Å². The van der Waals surface area contributed by atoms with Crippen molar-refractivity contribution in [2.45, 2.75) is 31.8 Å². The summed E-state index contributed by atoms with van der Waals surface area (Å²) in [6, 6.07) is 9.41. The van der Waals surface area contributed by atoms with Crippen LogP contribution >= 0.6 is 0 Å². The van der Waals surface area contributed by atoms with Crippen LogP contribution in [-0.2, 0) is 6.54 Å². The molecule has 18 heavy (non-hydrogen) atoms. The Morgan fingerprint density at radius 2 is 2.28 bits per heavy atom. The van der Waals surface area contributed by atoms with Gasteiger partial charge in [-0.2, -0.15) is 0 Å². The van der Waals surface area contributed by atoms with E-state index in [-0.39, 0.29) is 0 Å². The third-order valence-electron chi connectivity index (χ3n) is 4.17. The number of nitrogens with zero attached hydrogens (tertiary/aromatic N) is 1. The molecule has 1 aromatic rings. The van der Waals surface area contributed by atoms with Gasteiger partial charge in [0.2, 0.25) is 0 Å². The molecule has 1 aromatic carbocycles. The lowest BCUT2D eigenvalue weighted by molar-refractivity contribution is 0.205. The van der Waals surface area contributed by atoms with Gasteiger partial charge in [-0.3, -0.25) is 4.90 Å². The Morgan fingerprint density at radius 1 is 1.33 bits per heavy atom. The van der Waals surface area contributed by atoms with Crippen molar-refractivity contribution in [2.75, 3.05) is 13.1 Å². The van der Waals surface area contributed by atoms with Crippen molar-refractivity contribution in [2.24, 2.45) is 11.7 Å². The van der Waals surface area contributed by atoms with Gasteiger partial charge in [0.15, 0.2) is 0 Å². The maximum Gasteiger partial charge on any atom is 0.0555 e. The van der Waals surface area contributed by atoms with Gasteiger partial charge < -0.3 is 5.73 Å². The summed E-state index contributed by atoms with van der Waals surface area (Å²) in [6.45, 7) is 2.81. The number of hydrogen-bond donors (Lipinski definition) is 1. The van der Waals surface area contributed by atoms with Crippen LogP contribution in [0.2, 0.25) is 0 Å². The number of benzene rings is 1. The molecule has 0 spiro atoms. The molecule has 1 saturated carbocycles. The highest BCUT2D eigenvalue weighted by molar-refractivity contribution is 5.37. The predicted molar refractivity (Wildman–Crippen MR) is 73.9 cm³/mol. The molecular formula is C16H20N2. The van der Waals surface area contributed by atoms with Crippen LogP contribution in [0, 0.1) is 17.8 Å². The molecule has 2 bridgehead atoms. The molecule has 2 N–H and O–H groups in total. The molecular weight excluding hydrogens is 220 g/mol. The van der Waals surface area contributed by atoms with Crippen LogP contribution in [-0.4, -0.2) is 24.0 Å². The minimum Gasteiger partial charge on any atom is -0.320 e. The van der Waals surface area contributed by atoms with E-state index in [9.17, 15) is 0 Å². The van der Waals surface area contributed by atoms with Crippen LogP contribution in [0.1, 0.15) is 30.4 Å². The number of piperidine rings is 1. The molecule has 1 saturated heterocycles. The molecule has 0 radical (unpaired) electrons. The Morgan fingerprint density at radius 3 is 3.00 bits per heavy atom. The van der Waals surface area contributed by atoms with Crippen molar-refractivity contribution in [3.05, 3.63) is 35.4 Å². The standard InChI is InChI=1S/C16H20N2/c17-8-2-5-13-3-1-4-14(9-13)11-18-12-15-6-7-16(18)10-15/h1,3-4,9,15-16H,6-8,10-12,17H2. The Labute approximate surface area is 109 Å². The molecule has 2 unspecified atom stereocenters. The largest absolute Gasteiger partial charge is 0.320 e. The second-order valence-corrected chi connectivity index (χ2v) is 5.47. The second kappa shape index (κ2) is 5.14. The molecule has 0 aromatic heterocycles. The van der Waals surface area contributed by atoms with Crippen LogP contribution in [0.4, 0.5) is 0 Å². The van der Waals surface area contributed by atoms with Crippen LogP contribution in [0.3, 0.4) is 0 Å². The molecule has 2 fully saturated rings. The van der Waals surface area contributed by atoms with Crippen LogP contribution in [0.5, 0.6) is 0 Å². The summed E-state index contributed by atoms with van der Waals surface area (Å²) >= 11 is 0. The first kappa shape index (κ1) is 11.8. The summed E-state index contributed by atoms with van der Waals surface area (Å²) in [5.74, 6) is 6.99. The smallest absolute Gasteiger partial charge is 0.0555 e. The van der Waals surface area contributed by atoms with E-state index in [4.69, 9.17) is 5.73 Å². The van der Waals surface area contributed by atoms with Gasteiger partial charge in [-0.25, -0.2) is 0 Å². The van der Waals surface area contributed by atoms with E-state index in [1.807, 2.05) is 0 Å². The van der Waals surface area contributed by atoms with Gasteiger partial charge in [0.05, 0.1) is 6.54 Å². The summed E-state index contributed by atoms with van der Waals surface area (Å²) < 4.78 is 0. The minimum absolute atomic E-state index is 0.431. The lowest BCUT2D eigenvalue weighted by atomic mass is 10.1. The van der Waals surface area contributed by atoms with E-state index in [0.29, 0.717) is 6.54 Å². The number of likely N-dealkylation sites (tertiary alicyclic amines) is 1. The van der Waals surface area contributed by atoms with Crippen molar-refractivity contribution in [1.82, 2.24) is 4.90 Å². The zero-order valence-electron chi connectivity index (χ0n) is 10.7. The molecule has 1 aliphatic carbocycles. The molecule has 0 amide bonds. The number of rotatable bonds is 2. The van der Waals surface area contributed by atoms with Crippen molar-refractivity contribution in [3.63, 3.8) is 0 Å². The molecule has 1 aliphatic heterocycles. The van der Waals surface area contributed by atoms with Gasteiger partial charge in [0.25, 0.3) is 0 Å². The molecule has 2 atom stereocenters. The number of nitrogens with two attached hydrogens (primary N) is 1. The quantitative estimate of drug-likeness (QED) is 0.801. The average Bonchev–Trinajstić information content (AvgIpc) is 2.99. The summed E-state index contributed by atoms with van der Waals surface area (Å²) in [5, 5.41) is 0. The minimum atomic E-state index is 0.431. The lowest BCUT2D eigenvalue weighted by Gasteiger charge is -2.26. The first-order chi connectivity index (χ1) is 8.85. The summed E-state index contributed by atoms with van der Waals surface area (Å²) in [5.41, 5.74) is 7.87. The lowest BCUT2D eigenvalue weighted by Crippen LogP contribution is -2.31. The molecule has 94 valence electrons. The van der Waals surface area contributed by atoms with Gasteiger partial charge in [0, 0.05) is 24.7 Å². The van der Waals surface area contributed by atoms with Crippen molar-refractivity contribution in [1.29, 1.82) is 0 Å². The Bertz CT molecular complexity index is 483. The van der Waals surface area contributed by atoms with Gasteiger partial charge in [-0.1, -0.05) is 24.0 Å². The van der Waals surface area contributed by atoms with E-state index in [1.54, 1.807) is 0 Å². The number of fused-ring (bicyclic) bond motifs is 2. The third-order valence-corrected chi connectivity index (χ3v) is 4.17. The molecule has 2 heteroatoms. The maximum absolute atomic E-state index is 5.41. The van der Waals surface area contributed by atoms with Crippen molar-refractivity contribution in [3.8, 4) is 11.8 Å². The molecule has 1 heterocycles. The first-order valence-electron chi connectivity index (χ1n) is 6.87. The van der Waals surface area contributed by atoms with Gasteiger partial charge in [-0.15, -0.1) is 0 Å². The average molecular weight is 240 g/mol. The topological polar surface area (TPSA) is 29.3 Å². The van der Waals surface area contributed by atoms with Crippen LogP contribution in [0.25, 0.3) is 0 Å². The normalized spacial score (nSPS) is 26.1. The van der Waals surface area contributed by atoms with Gasteiger partial charge >= 0.3 is 0 Å². The van der Waals surface area contributed by atoms with E-state index >= 15 is 0 Å². The zero-order chi connectivity index (χ0) is 12.4.